The summed E-state index contributed by atoms with van der Waals surface area (Å²) in [5, 5.41) is 2.92. The molecule has 2 heterocycles. The second-order valence-corrected chi connectivity index (χ2v) is 7.94. The maximum atomic E-state index is 13.2. The van der Waals surface area contributed by atoms with E-state index in [0.29, 0.717) is 30.6 Å². The standard InChI is InChI=1S/C23H25N3O3/c1-16-6-5-7-17(14-16)15-24-20(27)11-13-25-22(29)18-8-3-4-9-19(18)26-21(28)10-12-23(25,26)2/h3-9,14H,10-13,15H2,1-2H3,(H,24,27). The zero-order valence-corrected chi connectivity index (χ0v) is 16.8. The summed E-state index contributed by atoms with van der Waals surface area (Å²) in [5.41, 5.74) is 2.65. The van der Waals surface area contributed by atoms with E-state index in [1.165, 1.54) is 0 Å². The Morgan fingerprint density at radius 3 is 2.72 bits per heavy atom. The van der Waals surface area contributed by atoms with Crippen LogP contribution < -0.4 is 10.2 Å². The number of nitrogens with one attached hydrogen (secondary N) is 1. The van der Waals surface area contributed by atoms with Gasteiger partial charge in [0.1, 0.15) is 5.66 Å². The molecule has 0 saturated carbocycles. The van der Waals surface area contributed by atoms with Crippen LogP contribution in [-0.4, -0.2) is 34.8 Å². The van der Waals surface area contributed by atoms with Crippen LogP contribution in [0.3, 0.4) is 0 Å². The lowest BCUT2D eigenvalue weighted by atomic mass is 9.98. The number of hydrogen-bond acceptors (Lipinski definition) is 3. The van der Waals surface area contributed by atoms with Crippen molar-refractivity contribution in [1.29, 1.82) is 0 Å². The van der Waals surface area contributed by atoms with Gasteiger partial charge in [-0.1, -0.05) is 42.0 Å². The van der Waals surface area contributed by atoms with E-state index in [-0.39, 0.29) is 30.7 Å². The van der Waals surface area contributed by atoms with Crippen LogP contribution in [0.15, 0.2) is 48.5 Å². The van der Waals surface area contributed by atoms with Gasteiger partial charge in [-0.05, 0) is 38.0 Å². The van der Waals surface area contributed by atoms with Crippen LogP contribution in [0.4, 0.5) is 5.69 Å². The molecule has 6 nitrogen and oxygen atoms in total. The van der Waals surface area contributed by atoms with Crippen LogP contribution in [0, 0.1) is 6.92 Å². The normalized spacial score (nSPS) is 20.5. The van der Waals surface area contributed by atoms with Gasteiger partial charge in [-0.2, -0.15) is 0 Å². The summed E-state index contributed by atoms with van der Waals surface area (Å²) >= 11 is 0. The molecule has 4 rings (SSSR count). The van der Waals surface area contributed by atoms with Crippen molar-refractivity contribution < 1.29 is 14.4 Å². The molecular formula is C23H25N3O3. The van der Waals surface area contributed by atoms with Gasteiger partial charge in [0.05, 0.1) is 11.3 Å². The topological polar surface area (TPSA) is 69.7 Å². The number of nitrogens with zero attached hydrogens (tertiary/aromatic N) is 2. The lowest BCUT2D eigenvalue weighted by Crippen LogP contribution is -2.62. The number of benzene rings is 2. The Balaban J connectivity index is 1.47. The molecule has 29 heavy (non-hydrogen) atoms. The van der Waals surface area contributed by atoms with Gasteiger partial charge >= 0.3 is 0 Å². The molecule has 1 N–H and O–H groups in total. The molecule has 2 aromatic carbocycles. The molecular weight excluding hydrogens is 366 g/mol. The Morgan fingerprint density at radius 2 is 1.93 bits per heavy atom. The van der Waals surface area contributed by atoms with E-state index in [4.69, 9.17) is 0 Å². The number of hydrogen-bond donors (Lipinski definition) is 1. The van der Waals surface area contributed by atoms with E-state index in [0.717, 1.165) is 11.1 Å². The first-order valence-electron chi connectivity index (χ1n) is 9.96. The van der Waals surface area contributed by atoms with Crippen molar-refractivity contribution in [2.45, 2.75) is 45.3 Å². The third-order valence-electron chi connectivity index (χ3n) is 5.88. The first kappa shape index (κ1) is 19.2. The van der Waals surface area contributed by atoms with E-state index in [1.54, 1.807) is 21.9 Å². The minimum atomic E-state index is -0.723. The zero-order valence-electron chi connectivity index (χ0n) is 16.8. The number of carbonyl (C=O) groups excluding carboxylic acids is 3. The van der Waals surface area contributed by atoms with E-state index < -0.39 is 5.66 Å². The number of amides is 3. The predicted octanol–water partition coefficient (Wildman–Crippen LogP) is 3.00. The van der Waals surface area contributed by atoms with Crippen molar-refractivity contribution in [3.05, 3.63) is 65.2 Å². The Labute approximate surface area is 170 Å². The summed E-state index contributed by atoms with van der Waals surface area (Å²) < 4.78 is 0. The molecule has 3 amide bonds. The average Bonchev–Trinajstić information content (AvgIpc) is 3.01. The highest BCUT2D eigenvalue weighted by Crippen LogP contribution is 2.43. The molecule has 0 bridgehead atoms. The number of anilines is 1. The lowest BCUT2D eigenvalue weighted by Gasteiger charge is -2.48. The van der Waals surface area contributed by atoms with E-state index >= 15 is 0 Å². The van der Waals surface area contributed by atoms with Gasteiger partial charge in [-0.3, -0.25) is 19.3 Å². The van der Waals surface area contributed by atoms with Crippen molar-refractivity contribution in [2.75, 3.05) is 11.4 Å². The molecule has 2 aliphatic heterocycles. The van der Waals surface area contributed by atoms with Crippen LogP contribution in [0.25, 0.3) is 0 Å². The minimum Gasteiger partial charge on any atom is -0.352 e. The molecule has 1 atom stereocenters. The Hall–Kier alpha value is -3.15. The molecule has 2 aromatic rings. The second-order valence-electron chi connectivity index (χ2n) is 7.94. The summed E-state index contributed by atoms with van der Waals surface area (Å²) in [4.78, 5) is 41.6. The van der Waals surface area contributed by atoms with Crippen LogP contribution in [-0.2, 0) is 16.1 Å². The third-order valence-corrected chi connectivity index (χ3v) is 5.88. The van der Waals surface area contributed by atoms with Crippen molar-refractivity contribution in [3.8, 4) is 0 Å². The number of carbonyl (C=O) groups is 3. The summed E-state index contributed by atoms with van der Waals surface area (Å²) in [6, 6.07) is 15.2. The van der Waals surface area contributed by atoms with Gasteiger partial charge in [0, 0.05) is 25.9 Å². The van der Waals surface area contributed by atoms with E-state index in [1.807, 2.05) is 50.2 Å². The SMILES string of the molecule is Cc1cccc(CNC(=O)CCN2C(=O)c3ccccc3N3C(=O)CCC23C)c1. The highest BCUT2D eigenvalue weighted by molar-refractivity contribution is 6.10. The van der Waals surface area contributed by atoms with Gasteiger partial charge in [0.25, 0.3) is 5.91 Å². The maximum absolute atomic E-state index is 13.2. The highest BCUT2D eigenvalue weighted by Gasteiger charge is 2.52. The summed E-state index contributed by atoms with van der Waals surface area (Å²) in [6.45, 7) is 4.66. The van der Waals surface area contributed by atoms with Crippen LogP contribution in [0.2, 0.25) is 0 Å². The zero-order chi connectivity index (χ0) is 20.6. The number of fused-ring (bicyclic) bond motifs is 3. The number of rotatable bonds is 5. The van der Waals surface area contributed by atoms with E-state index in [2.05, 4.69) is 5.32 Å². The molecule has 1 saturated heterocycles. The summed E-state index contributed by atoms with van der Waals surface area (Å²) in [6.07, 6.45) is 1.16. The average molecular weight is 391 g/mol. The highest BCUT2D eigenvalue weighted by atomic mass is 16.2. The number of aryl methyl sites for hydroxylation is 1. The Bertz CT molecular complexity index is 987. The monoisotopic (exact) mass is 391 g/mol. The molecule has 150 valence electrons. The summed E-state index contributed by atoms with van der Waals surface area (Å²) in [7, 11) is 0. The molecule has 0 aliphatic carbocycles. The van der Waals surface area contributed by atoms with Crippen molar-refractivity contribution in [3.63, 3.8) is 0 Å². The Kier molecular flexibility index (Phi) is 4.86. The number of para-hydroxylation sites is 1. The quantitative estimate of drug-likeness (QED) is 0.852. The largest absolute Gasteiger partial charge is 0.352 e. The van der Waals surface area contributed by atoms with Crippen molar-refractivity contribution >= 4 is 23.4 Å². The fraction of sp³-hybridized carbons (Fsp3) is 0.348. The molecule has 0 aromatic heterocycles. The third kappa shape index (κ3) is 3.39. The van der Waals surface area contributed by atoms with Crippen LogP contribution >= 0.6 is 0 Å². The minimum absolute atomic E-state index is 0.0151. The lowest BCUT2D eigenvalue weighted by molar-refractivity contribution is -0.121. The van der Waals surface area contributed by atoms with Crippen LogP contribution in [0.5, 0.6) is 0 Å². The van der Waals surface area contributed by atoms with Gasteiger partial charge < -0.3 is 10.2 Å². The summed E-state index contributed by atoms with van der Waals surface area (Å²) in [5.74, 6) is -0.223. The molecule has 0 spiro atoms. The molecule has 1 fully saturated rings. The first-order valence-corrected chi connectivity index (χ1v) is 9.96. The molecule has 6 heteroatoms. The van der Waals surface area contributed by atoms with Crippen LogP contribution in [0.1, 0.15) is 47.7 Å². The molecule has 1 unspecified atom stereocenters. The molecule has 0 radical (unpaired) electrons. The Morgan fingerprint density at radius 1 is 1.14 bits per heavy atom. The first-order chi connectivity index (χ1) is 13.9. The fourth-order valence-electron chi connectivity index (χ4n) is 4.37. The van der Waals surface area contributed by atoms with E-state index in [9.17, 15) is 14.4 Å². The van der Waals surface area contributed by atoms with Crippen molar-refractivity contribution in [2.24, 2.45) is 0 Å². The second kappa shape index (κ2) is 7.35. The molecule has 2 aliphatic rings. The van der Waals surface area contributed by atoms with Gasteiger partial charge in [0.2, 0.25) is 11.8 Å². The van der Waals surface area contributed by atoms with Gasteiger partial charge in [-0.25, -0.2) is 0 Å². The fourth-order valence-corrected chi connectivity index (χ4v) is 4.37. The van der Waals surface area contributed by atoms with Crippen molar-refractivity contribution in [1.82, 2.24) is 10.2 Å². The van der Waals surface area contributed by atoms with Gasteiger partial charge in [-0.15, -0.1) is 0 Å². The predicted molar refractivity (Wildman–Crippen MR) is 110 cm³/mol. The van der Waals surface area contributed by atoms with Gasteiger partial charge in [0.15, 0.2) is 0 Å². The smallest absolute Gasteiger partial charge is 0.257 e. The maximum Gasteiger partial charge on any atom is 0.257 e.